The average molecular weight is 261 g/mol. The Labute approximate surface area is 117 Å². The first kappa shape index (κ1) is 14.3. The van der Waals surface area contributed by atoms with Crippen molar-refractivity contribution in [3.8, 4) is 0 Å². The zero-order chi connectivity index (χ0) is 14.0. The van der Waals surface area contributed by atoms with Gasteiger partial charge < -0.3 is 10.6 Å². The highest BCUT2D eigenvalue weighted by atomic mass is 15.2. The van der Waals surface area contributed by atoms with Crippen LogP contribution in [0.5, 0.6) is 0 Å². The van der Waals surface area contributed by atoms with Gasteiger partial charge in [0.05, 0.1) is 0 Å². The summed E-state index contributed by atoms with van der Waals surface area (Å²) in [7, 11) is 0. The van der Waals surface area contributed by atoms with Crippen molar-refractivity contribution in [2.75, 3.05) is 18.0 Å². The molecular weight excluding hydrogens is 234 g/mol. The molecule has 1 unspecified atom stereocenters. The Balaban J connectivity index is 1.98. The summed E-state index contributed by atoms with van der Waals surface area (Å²) in [6.07, 6.45) is 4.44. The number of anilines is 1. The van der Waals surface area contributed by atoms with E-state index in [-0.39, 0.29) is 6.04 Å². The molecule has 3 heteroatoms. The van der Waals surface area contributed by atoms with Crippen LogP contribution < -0.4 is 10.6 Å². The van der Waals surface area contributed by atoms with Crippen molar-refractivity contribution in [1.82, 2.24) is 4.98 Å². The number of aromatic nitrogens is 1. The third kappa shape index (κ3) is 3.47. The van der Waals surface area contributed by atoms with Gasteiger partial charge in [-0.15, -0.1) is 0 Å². The van der Waals surface area contributed by atoms with E-state index in [0.717, 1.165) is 30.4 Å². The Hall–Kier alpha value is -1.09. The van der Waals surface area contributed by atoms with Gasteiger partial charge in [-0.2, -0.15) is 0 Å². The monoisotopic (exact) mass is 261 g/mol. The topological polar surface area (TPSA) is 42.1 Å². The first-order chi connectivity index (χ1) is 8.88. The van der Waals surface area contributed by atoms with Crippen molar-refractivity contribution in [3.63, 3.8) is 0 Å². The second-order valence-corrected chi connectivity index (χ2v) is 6.87. The summed E-state index contributed by atoms with van der Waals surface area (Å²) >= 11 is 0. The van der Waals surface area contributed by atoms with Gasteiger partial charge in [0.15, 0.2) is 0 Å². The Morgan fingerprint density at radius 1 is 1.26 bits per heavy atom. The Morgan fingerprint density at radius 3 is 2.32 bits per heavy atom. The maximum atomic E-state index is 5.85. The van der Waals surface area contributed by atoms with Gasteiger partial charge in [0.25, 0.3) is 0 Å². The van der Waals surface area contributed by atoms with Gasteiger partial charge in [-0.3, -0.25) is 0 Å². The van der Waals surface area contributed by atoms with Crippen LogP contribution in [0, 0.1) is 11.3 Å². The molecule has 2 heterocycles. The predicted molar refractivity (Wildman–Crippen MR) is 81.2 cm³/mol. The van der Waals surface area contributed by atoms with Crippen molar-refractivity contribution in [3.05, 3.63) is 23.9 Å². The molecule has 1 atom stereocenters. The van der Waals surface area contributed by atoms with E-state index in [1.165, 1.54) is 12.8 Å². The lowest BCUT2D eigenvalue weighted by Crippen LogP contribution is -2.38. The van der Waals surface area contributed by atoms with Crippen molar-refractivity contribution < 1.29 is 0 Å². The molecule has 0 radical (unpaired) electrons. The van der Waals surface area contributed by atoms with E-state index < -0.39 is 0 Å². The molecule has 1 fully saturated rings. The molecule has 0 amide bonds. The first-order valence-corrected chi connectivity index (χ1v) is 7.34. The molecule has 106 valence electrons. The third-order valence-electron chi connectivity index (χ3n) is 4.34. The van der Waals surface area contributed by atoms with E-state index in [9.17, 15) is 0 Å². The minimum atomic E-state index is 0.0631. The van der Waals surface area contributed by atoms with Crippen LogP contribution in [0.25, 0.3) is 0 Å². The summed E-state index contributed by atoms with van der Waals surface area (Å²) in [6.45, 7) is 11.3. The van der Waals surface area contributed by atoms with E-state index >= 15 is 0 Å². The Kier molecular flexibility index (Phi) is 4.14. The number of nitrogens with two attached hydrogens (primary N) is 1. The highest BCUT2D eigenvalue weighted by molar-refractivity contribution is 5.40. The average Bonchev–Trinajstić information content (AvgIpc) is 2.38. The van der Waals surface area contributed by atoms with Crippen molar-refractivity contribution in [2.24, 2.45) is 17.1 Å². The molecule has 1 aliphatic rings. The number of piperidine rings is 1. The molecule has 2 rings (SSSR count). The Morgan fingerprint density at radius 2 is 1.89 bits per heavy atom. The molecule has 2 N–H and O–H groups in total. The summed E-state index contributed by atoms with van der Waals surface area (Å²) < 4.78 is 0. The van der Waals surface area contributed by atoms with E-state index in [1.807, 2.05) is 13.1 Å². The lowest BCUT2D eigenvalue weighted by molar-refractivity contribution is 0.198. The molecule has 0 aromatic carbocycles. The number of nitrogens with zero attached hydrogens (tertiary/aromatic N) is 2. The van der Waals surface area contributed by atoms with Crippen molar-refractivity contribution >= 4 is 5.82 Å². The van der Waals surface area contributed by atoms with Crippen LogP contribution in [0.2, 0.25) is 0 Å². The van der Waals surface area contributed by atoms with Crippen LogP contribution in [-0.2, 0) is 0 Å². The van der Waals surface area contributed by atoms with Gasteiger partial charge in [-0.05, 0) is 42.7 Å². The third-order valence-corrected chi connectivity index (χ3v) is 4.34. The van der Waals surface area contributed by atoms with Crippen LogP contribution in [0.15, 0.2) is 18.3 Å². The standard InChI is InChI=1S/C16H27N3/c1-12(17)13-5-6-15(18-11-13)19-9-7-14(8-10-19)16(2,3)4/h5-6,11-12,14H,7-10,17H2,1-4H3. The second kappa shape index (κ2) is 5.49. The molecule has 3 nitrogen and oxygen atoms in total. The smallest absolute Gasteiger partial charge is 0.128 e. The second-order valence-electron chi connectivity index (χ2n) is 6.87. The summed E-state index contributed by atoms with van der Waals surface area (Å²) in [6, 6.07) is 4.27. The molecule has 1 aromatic rings. The molecule has 1 saturated heterocycles. The molecule has 1 aromatic heterocycles. The van der Waals surface area contributed by atoms with Gasteiger partial charge in [-0.1, -0.05) is 26.8 Å². The quantitative estimate of drug-likeness (QED) is 0.887. The fourth-order valence-electron chi connectivity index (χ4n) is 2.83. The first-order valence-electron chi connectivity index (χ1n) is 7.34. The SMILES string of the molecule is CC(N)c1ccc(N2CCC(C(C)(C)C)CC2)nc1. The maximum absolute atomic E-state index is 5.85. The highest BCUT2D eigenvalue weighted by Crippen LogP contribution is 2.35. The zero-order valence-corrected chi connectivity index (χ0v) is 12.7. The fourth-order valence-corrected chi connectivity index (χ4v) is 2.83. The highest BCUT2D eigenvalue weighted by Gasteiger charge is 2.29. The number of rotatable bonds is 2. The van der Waals surface area contributed by atoms with Crippen LogP contribution in [0.1, 0.15) is 52.1 Å². The van der Waals surface area contributed by atoms with Crippen LogP contribution in [-0.4, -0.2) is 18.1 Å². The van der Waals surface area contributed by atoms with Crippen LogP contribution in [0.4, 0.5) is 5.82 Å². The Bertz CT molecular complexity index is 395. The van der Waals surface area contributed by atoms with Gasteiger partial charge in [0.1, 0.15) is 5.82 Å². The number of hydrogen-bond donors (Lipinski definition) is 1. The van der Waals surface area contributed by atoms with Crippen LogP contribution >= 0.6 is 0 Å². The van der Waals surface area contributed by atoms with Crippen LogP contribution in [0.3, 0.4) is 0 Å². The zero-order valence-electron chi connectivity index (χ0n) is 12.7. The fraction of sp³-hybridized carbons (Fsp3) is 0.688. The number of hydrogen-bond acceptors (Lipinski definition) is 3. The number of pyridine rings is 1. The van der Waals surface area contributed by atoms with Crippen molar-refractivity contribution in [1.29, 1.82) is 0 Å². The van der Waals surface area contributed by atoms with Gasteiger partial charge in [0.2, 0.25) is 0 Å². The summed E-state index contributed by atoms with van der Waals surface area (Å²) in [5.74, 6) is 1.92. The normalized spacial score (nSPS) is 19.5. The molecule has 1 aliphatic heterocycles. The van der Waals surface area contributed by atoms with Gasteiger partial charge in [-0.25, -0.2) is 4.98 Å². The molecule has 0 bridgehead atoms. The molecule has 0 saturated carbocycles. The maximum Gasteiger partial charge on any atom is 0.128 e. The van der Waals surface area contributed by atoms with Gasteiger partial charge >= 0.3 is 0 Å². The summed E-state index contributed by atoms with van der Waals surface area (Å²) in [5.41, 5.74) is 7.39. The minimum absolute atomic E-state index is 0.0631. The molecule has 0 aliphatic carbocycles. The van der Waals surface area contributed by atoms with E-state index in [4.69, 9.17) is 5.73 Å². The largest absolute Gasteiger partial charge is 0.357 e. The summed E-state index contributed by atoms with van der Waals surface area (Å²) in [5, 5.41) is 0. The molecule has 0 spiro atoms. The predicted octanol–water partition coefficient (Wildman–Crippen LogP) is 3.36. The minimum Gasteiger partial charge on any atom is -0.357 e. The lowest BCUT2D eigenvalue weighted by atomic mass is 9.75. The van der Waals surface area contributed by atoms with E-state index in [1.54, 1.807) is 0 Å². The van der Waals surface area contributed by atoms with Crippen molar-refractivity contribution in [2.45, 2.75) is 46.6 Å². The lowest BCUT2D eigenvalue weighted by Gasteiger charge is -2.39. The summed E-state index contributed by atoms with van der Waals surface area (Å²) in [4.78, 5) is 6.95. The molecular formula is C16H27N3. The van der Waals surface area contributed by atoms with E-state index in [0.29, 0.717) is 5.41 Å². The molecule has 19 heavy (non-hydrogen) atoms. The van der Waals surface area contributed by atoms with E-state index in [2.05, 4.69) is 42.8 Å². The van der Waals surface area contributed by atoms with Gasteiger partial charge in [0, 0.05) is 25.3 Å².